The monoisotopic (exact) mass is 349 g/mol. The summed E-state index contributed by atoms with van der Waals surface area (Å²) < 4.78 is 23.1. The summed E-state index contributed by atoms with van der Waals surface area (Å²) in [6.45, 7) is 9.98. The van der Waals surface area contributed by atoms with Crippen molar-refractivity contribution in [2.75, 3.05) is 33.2 Å². The minimum absolute atomic E-state index is 0.0719. The highest BCUT2D eigenvalue weighted by Gasteiger charge is 2.38. The van der Waals surface area contributed by atoms with Crippen LogP contribution in [-0.2, 0) is 4.74 Å². The SMILES string of the molecule is C=CCOc1c(C)c2c(c3c1C(O)CN[C@@H]3COCCCC)OCO2. The Morgan fingerprint density at radius 1 is 1.32 bits per heavy atom. The zero-order valence-electron chi connectivity index (χ0n) is 15.0. The molecule has 2 atom stereocenters. The quantitative estimate of drug-likeness (QED) is 0.556. The summed E-state index contributed by atoms with van der Waals surface area (Å²) in [5.41, 5.74) is 2.50. The van der Waals surface area contributed by atoms with Gasteiger partial charge in [-0.1, -0.05) is 26.0 Å². The van der Waals surface area contributed by atoms with Gasteiger partial charge in [-0.15, -0.1) is 0 Å². The Kier molecular flexibility index (Phi) is 5.83. The molecule has 0 aromatic heterocycles. The average molecular weight is 349 g/mol. The van der Waals surface area contributed by atoms with Crippen LogP contribution in [-0.4, -0.2) is 38.3 Å². The molecule has 0 fully saturated rings. The number of rotatable bonds is 8. The van der Waals surface area contributed by atoms with Crippen LogP contribution < -0.4 is 19.5 Å². The summed E-state index contributed by atoms with van der Waals surface area (Å²) in [6, 6.07) is -0.0719. The van der Waals surface area contributed by atoms with E-state index < -0.39 is 6.10 Å². The molecular weight excluding hydrogens is 322 g/mol. The predicted octanol–water partition coefficient (Wildman–Crippen LogP) is 2.78. The first-order valence-corrected chi connectivity index (χ1v) is 8.87. The minimum atomic E-state index is -0.671. The van der Waals surface area contributed by atoms with E-state index in [4.69, 9.17) is 18.9 Å². The van der Waals surface area contributed by atoms with E-state index in [0.717, 1.165) is 36.1 Å². The molecule has 0 radical (unpaired) electrons. The molecule has 6 heteroatoms. The largest absolute Gasteiger partial charge is 0.489 e. The van der Waals surface area contributed by atoms with Crippen LogP contribution in [0.15, 0.2) is 12.7 Å². The van der Waals surface area contributed by atoms with Gasteiger partial charge in [0.2, 0.25) is 6.79 Å². The van der Waals surface area contributed by atoms with E-state index in [1.54, 1.807) is 6.08 Å². The lowest BCUT2D eigenvalue weighted by atomic mass is 9.88. The fraction of sp³-hybridized carbons (Fsp3) is 0.579. The fourth-order valence-electron chi connectivity index (χ4n) is 3.36. The van der Waals surface area contributed by atoms with Gasteiger partial charge in [0, 0.05) is 29.8 Å². The van der Waals surface area contributed by atoms with E-state index in [-0.39, 0.29) is 12.8 Å². The van der Waals surface area contributed by atoms with E-state index in [1.165, 1.54) is 0 Å². The smallest absolute Gasteiger partial charge is 0.231 e. The molecule has 2 aliphatic heterocycles. The van der Waals surface area contributed by atoms with Crippen molar-refractivity contribution in [2.45, 2.75) is 38.8 Å². The fourth-order valence-corrected chi connectivity index (χ4v) is 3.36. The van der Waals surface area contributed by atoms with Crippen molar-refractivity contribution in [3.05, 3.63) is 29.3 Å². The van der Waals surface area contributed by atoms with Gasteiger partial charge in [-0.2, -0.15) is 0 Å². The Hall–Kier alpha value is -1.76. The zero-order valence-corrected chi connectivity index (χ0v) is 15.0. The molecule has 2 aliphatic rings. The van der Waals surface area contributed by atoms with E-state index >= 15 is 0 Å². The van der Waals surface area contributed by atoms with Gasteiger partial charge < -0.3 is 29.4 Å². The molecule has 0 saturated carbocycles. The number of ether oxygens (including phenoxy) is 4. The van der Waals surface area contributed by atoms with Crippen LogP contribution in [0.5, 0.6) is 17.2 Å². The lowest BCUT2D eigenvalue weighted by Crippen LogP contribution is -2.36. The van der Waals surface area contributed by atoms with E-state index in [1.807, 2.05) is 6.92 Å². The van der Waals surface area contributed by atoms with E-state index in [9.17, 15) is 5.11 Å². The van der Waals surface area contributed by atoms with Crippen LogP contribution in [0.25, 0.3) is 0 Å². The molecule has 0 saturated heterocycles. The second-order valence-corrected chi connectivity index (χ2v) is 6.35. The molecule has 3 rings (SSSR count). The predicted molar refractivity (Wildman–Crippen MR) is 94.4 cm³/mol. The molecule has 2 N–H and O–H groups in total. The zero-order chi connectivity index (χ0) is 17.8. The third-order valence-electron chi connectivity index (χ3n) is 4.58. The topological polar surface area (TPSA) is 69.2 Å². The van der Waals surface area contributed by atoms with Gasteiger partial charge in [-0.05, 0) is 13.3 Å². The number of fused-ring (bicyclic) bond motifs is 3. The Morgan fingerprint density at radius 2 is 2.12 bits per heavy atom. The Bertz CT molecular complexity index is 631. The van der Waals surface area contributed by atoms with Gasteiger partial charge >= 0.3 is 0 Å². The molecule has 0 aliphatic carbocycles. The number of aliphatic hydroxyl groups excluding tert-OH is 1. The van der Waals surface area contributed by atoms with Crippen molar-refractivity contribution in [3.63, 3.8) is 0 Å². The molecule has 1 unspecified atom stereocenters. The molecule has 1 aromatic carbocycles. The molecule has 0 spiro atoms. The number of unbranched alkanes of at least 4 members (excludes halogenated alkanes) is 1. The van der Waals surface area contributed by atoms with Gasteiger partial charge in [0.25, 0.3) is 0 Å². The highest BCUT2D eigenvalue weighted by molar-refractivity contribution is 5.66. The van der Waals surface area contributed by atoms with Crippen molar-refractivity contribution >= 4 is 0 Å². The molecular formula is C19H27NO5. The van der Waals surface area contributed by atoms with Crippen molar-refractivity contribution in [3.8, 4) is 17.2 Å². The van der Waals surface area contributed by atoms with Crippen molar-refractivity contribution in [2.24, 2.45) is 0 Å². The van der Waals surface area contributed by atoms with Crippen LogP contribution in [0, 0.1) is 6.92 Å². The highest BCUT2D eigenvalue weighted by Crippen LogP contribution is 2.51. The van der Waals surface area contributed by atoms with Crippen LogP contribution >= 0.6 is 0 Å². The lowest BCUT2D eigenvalue weighted by Gasteiger charge is -2.33. The minimum Gasteiger partial charge on any atom is -0.489 e. The number of nitrogens with one attached hydrogen (secondary N) is 1. The Morgan fingerprint density at radius 3 is 2.88 bits per heavy atom. The lowest BCUT2D eigenvalue weighted by molar-refractivity contribution is 0.0874. The first kappa shape index (κ1) is 18.0. The highest BCUT2D eigenvalue weighted by atomic mass is 16.7. The maximum atomic E-state index is 10.6. The maximum absolute atomic E-state index is 10.6. The van der Waals surface area contributed by atoms with Gasteiger partial charge in [-0.25, -0.2) is 0 Å². The van der Waals surface area contributed by atoms with Crippen LogP contribution in [0.2, 0.25) is 0 Å². The number of hydrogen-bond donors (Lipinski definition) is 2. The number of β-amino-alcohol motifs (C(OH)–C–C–N with tert-alkyl or cyclic N) is 1. The summed E-state index contributed by atoms with van der Waals surface area (Å²) >= 11 is 0. The summed E-state index contributed by atoms with van der Waals surface area (Å²) in [5.74, 6) is 2.03. The summed E-state index contributed by atoms with van der Waals surface area (Å²) in [5, 5.41) is 14.0. The van der Waals surface area contributed by atoms with Gasteiger partial charge in [0.15, 0.2) is 11.5 Å². The second-order valence-electron chi connectivity index (χ2n) is 6.35. The van der Waals surface area contributed by atoms with Crippen LogP contribution in [0.1, 0.15) is 48.6 Å². The molecule has 0 bridgehead atoms. The molecule has 0 amide bonds. The van der Waals surface area contributed by atoms with E-state index in [0.29, 0.717) is 37.0 Å². The van der Waals surface area contributed by atoms with E-state index in [2.05, 4.69) is 18.8 Å². The van der Waals surface area contributed by atoms with Crippen molar-refractivity contribution in [1.82, 2.24) is 5.32 Å². The second kappa shape index (κ2) is 8.08. The van der Waals surface area contributed by atoms with Gasteiger partial charge in [0.1, 0.15) is 12.4 Å². The third-order valence-corrected chi connectivity index (χ3v) is 4.58. The van der Waals surface area contributed by atoms with Crippen LogP contribution in [0.3, 0.4) is 0 Å². The average Bonchev–Trinajstić information content (AvgIpc) is 3.10. The number of benzene rings is 1. The maximum Gasteiger partial charge on any atom is 0.231 e. The summed E-state index contributed by atoms with van der Waals surface area (Å²) in [7, 11) is 0. The first-order valence-electron chi connectivity index (χ1n) is 8.87. The van der Waals surface area contributed by atoms with Crippen molar-refractivity contribution < 1.29 is 24.1 Å². The molecule has 138 valence electrons. The van der Waals surface area contributed by atoms with Gasteiger partial charge in [-0.3, -0.25) is 0 Å². The Labute approximate surface area is 148 Å². The number of aliphatic hydroxyl groups is 1. The molecule has 25 heavy (non-hydrogen) atoms. The molecule has 6 nitrogen and oxygen atoms in total. The summed E-state index contributed by atoms with van der Waals surface area (Å²) in [6.07, 6.45) is 3.14. The standard InChI is InChI=1S/C19H27NO5/c1-4-6-8-22-10-13-15-16(14(21)9-20-13)17(23-7-5-2)12(3)18-19(15)25-11-24-18/h5,13-14,20-21H,2,4,6-11H2,1,3H3/t13-,14?/m1/s1. The van der Waals surface area contributed by atoms with Gasteiger partial charge in [0.05, 0.1) is 18.8 Å². The van der Waals surface area contributed by atoms with Crippen molar-refractivity contribution in [1.29, 1.82) is 0 Å². The first-order chi connectivity index (χ1) is 12.2. The Balaban J connectivity index is 1.99. The number of hydrogen-bond acceptors (Lipinski definition) is 6. The molecule has 1 aromatic rings. The van der Waals surface area contributed by atoms with Crippen LogP contribution in [0.4, 0.5) is 0 Å². The third kappa shape index (κ3) is 3.47. The summed E-state index contributed by atoms with van der Waals surface area (Å²) in [4.78, 5) is 0. The normalized spacial score (nSPS) is 21.1. The molecule has 2 heterocycles.